The van der Waals surface area contributed by atoms with Crippen molar-refractivity contribution in [1.29, 1.82) is 0 Å². The van der Waals surface area contributed by atoms with Gasteiger partial charge in [0.25, 0.3) is 0 Å². The summed E-state index contributed by atoms with van der Waals surface area (Å²) in [6.07, 6.45) is 4.11. The fourth-order valence-electron chi connectivity index (χ4n) is 2.51. The van der Waals surface area contributed by atoms with Gasteiger partial charge in [-0.2, -0.15) is 0 Å². The van der Waals surface area contributed by atoms with E-state index < -0.39 is 26.7 Å². The van der Waals surface area contributed by atoms with Crippen molar-refractivity contribution in [2.24, 2.45) is 0 Å². The van der Waals surface area contributed by atoms with Crippen LogP contribution in [0.25, 0.3) is 0 Å². The van der Waals surface area contributed by atoms with E-state index in [9.17, 15) is 18.0 Å². The van der Waals surface area contributed by atoms with E-state index in [0.717, 1.165) is 4.90 Å². The monoisotopic (exact) mass is 371 g/mol. The van der Waals surface area contributed by atoms with Crippen molar-refractivity contribution in [2.75, 3.05) is 31.6 Å². The Hall–Kier alpha value is -1.61. The van der Waals surface area contributed by atoms with Crippen molar-refractivity contribution in [2.45, 2.75) is 23.0 Å². The van der Waals surface area contributed by atoms with E-state index in [-0.39, 0.29) is 5.91 Å². The molecule has 0 aromatic carbocycles. The lowest BCUT2D eigenvalue weighted by molar-refractivity contribution is -0.129. The second-order valence-corrected chi connectivity index (χ2v) is 8.86. The molecule has 0 radical (unpaired) electrons. The molecule has 1 aliphatic heterocycles. The van der Waals surface area contributed by atoms with Gasteiger partial charge >= 0.3 is 0 Å². The summed E-state index contributed by atoms with van der Waals surface area (Å²) in [4.78, 5) is 30.1. The minimum Gasteiger partial charge on any atom is -0.358 e. The Morgan fingerprint density at radius 3 is 2.50 bits per heavy atom. The fraction of sp³-hybridized carbons (Fsp3) is 0.533. The number of amides is 2. The predicted octanol–water partition coefficient (Wildman–Crippen LogP) is 0.326. The zero-order valence-electron chi connectivity index (χ0n) is 13.5. The highest BCUT2D eigenvalue weighted by atomic mass is 32.2. The second-order valence-electron chi connectivity index (χ2n) is 5.53. The minimum atomic E-state index is -3.46. The van der Waals surface area contributed by atoms with Gasteiger partial charge in [-0.1, -0.05) is 0 Å². The molecule has 0 unspecified atom stereocenters. The third-order valence-electron chi connectivity index (χ3n) is 3.93. The maximum Gasteiger partial charge on any atom is 0.234 e. The van der Waals surface area contributed by atoms with Crippen LogP contribution in [0.5, 0.6) is 0 Å². The minimum absolute atomic E-state index is 0.000962. The molecule has 0 saturated carbocycles. The van der Waals surface area contributed by atoms with Crippen LogP contribution >= 0.6 is 11.8 Å². The summed E-state index contributed by atoms with van der Waals surface area (Å²) in [5.74, 6) is -0.666. The van der Waals surface area contributed by atoms with Crippen molar-refractivity contribution < 1.29 is 18.0 Å². The molecule has 0 spiro atoms. The number of nitrogens with zero attached hydrogens (tertiary/aromatic N) is 2. The Labute approximate surface area is 146 Å². The third kappa shape index (κ3) is 5.20. The molecule has 0 aliphatic carbocycles. The summed E-state index contributed by atoms with van der Waals surface area (Å²) in [7, 11) is -2.04. The van der Waals surface area contributed by atoms with Crippen LogP contribution in [0.4, 0.5) is 0 Å². The molecule has 24 heavy (non-hydrogen) atoms. The van der Waals surface area contributed by atoms with Crippen LogP contribution in [-0.2, 0) is 19.4 Å². The molecule has 2 amide bonds. The van der Waals surface area contributed by atoms with Gasteiger partial charge in [0, 0.05) is 37.4 Å². The number of likely N-dealkylation sites (tertiary alicyclic amines) is 1. The van der Waals surface area contributed by atoms with Crippen molar-refractivity contribution in [1.82, 2.24) is 15.2 Å². The fourth-order valence-corrected chi connectivity index (χ4v) is 4.97. The number of thioether (sulfide) groups is 1. The number of pyridine rings is 1. The van der Waals surface area contributed by atoms with E-state index in [1.165, 1.54) is 18.8 Å². The van der Waals surface area contributed by atoms with Crippen molar-refractivity contribution in [3.8, 4) is 0 Å². The zero-order valence-corrected chi connectivity index (χ0v) is 15.1. The number of sulfone groups is 1. The molecule has 7 nitrogen and oxygen atoms in total. The van der Waals surface area contributed by atoms with Gasteiger partial charge in [0.2, 0.25) is 11.8 Å². The van der Waals surface area contributed by atoms with E-state index in [2.05, 4.69) is 10.3 Å². The van der Waals surface area contributed by atoms with Gasteiger partial charge in [-0.15, -0.1) is 11.8 Å². The molecule has 1 fully saturated rings. The molecule has 9 heteroatoms. The quantitative estimate of drug-likeness (QED) is 0.724. The lowest BCUT2D eigenvalue weighted by atomic mass is 10.1. The standard InChI is InChI=1S/C15H21N3O4S2/c1-16-14(19)11-24(21,22)13-4-8-18(9-5-13)15(20)10-23-12-2-6-17-7-3-12/h2-3,6-7,13H,4-5,8-11H2,1H3,(H,16,19). The third-order valence-corrected chi connectivity index (χ3v) is 7.07. The van der Waals surface area contributed by atoms with Gasteiger partial charge in [0.15, 0.2) is 9.84 Å². The van der Waals surface area contributed by atoms with Gasteiger partial charge in [-0.3, -0.25) is 14.6 Å². The molecule has 1 N–H and O–H groups in total. The van der Waals surface area contributed by atoms with Gasteiger partial charge in [-0.05, 0) is 25.0 Å². The number of rotatable bonds is 6. The average molecular weight is 371 g/mol. The molecule has 1 aromatic rings. The van der Waals surface area contributed by atoms with Crippen molar-refractivity contribution >= 4 is 33.4 Å². The first-order valence-electron chi connectivity index (χ1n) is 7.65. The largest absolute Gasteiger partial charge is 0.358 e. The SMILES string of the molecule is CNC(=O)CS(=O)(=O)C1CCN(C(=O)CSc2ccncc2)CC1. The van der Waals surface area contributed by atoms with Crippen molar-refractivity contribution in [3.05, 3.63) is 24.5 Å². The first-order chi connectivity index (χ1) is 11.4. The molecule has 0 atom stereocenters. The number of hydrogen-bond acceptors (Lipinski definition) is 6. The molecule has 0 bridgehead atoms. The Balaban J connectivity index is 1.81. The van der Waals surface area contributed by atoms with E-state index in [1.807, 2.05) is 12.1 Å². The van der Waals surface area contributed by atoms with Crippen LogP contribution in [0, 0.1) is 0 Å². The van der Waals surface area contributed by atoms with Crippen molar-refractivity contribution in [3.63, 3.8) is 0 Å². The normalized spacial score (nSPS) is 16.0. The van der Waals surface area contributed by atoms with E-state index >= 15 is 0 Å². The number of carbonyl (C=O) groups excluding carboxylic acids is 2. The summed E-state index contributed by atoms with van der Waals surface area (Å²) in [5.41, 5.74) is 0. The number of carbonyl (C=O) groups is 2. The highest BCUT2D eigenvalue weighted by molar-refractivity contribution is 8.00. The zero-order chi connectivity index (χ0) is 17.6. The van der Waals surface area contributed by atoms with Crippen LogP contribution in [0.2, 0.25) is 0 Å². The Morgan fingerprint density at radius 1 is 1.29 bits per heavy atom. The number of piperidine rings is 1. The molecule has 1 saturated heterocycles. The topological polar surface area (TPSA) is 96.4 Å². The van der Waals surface area contributed by atoms with Crippen LogP contribution in [0.1, 0.15) is 12.8 Å². The first-order valence-corrected chi connectivity index (χ1v) is 10.3. The Kier molecular flexibility index (Phi) is 6.61. The summed E-state index contributed by atoms with van der Waals surface area (Å²) in [6, 6.07) is 3.69. The van der Waals surface area contributed by atoms with Gasteiger partial charge in [0.05, 0.1) is 11.0 Å². The van der Waals surface area contributed by atoms with Gasteiger partial charge in [-0.25, -0.2) is 8.42 Å². The maximum atomic E-state index is 12.2. The lowest BCUT2D eigenvalue weighted by Gasteiger charge is -2.31. The molecule has 132 valence electrons. The van der Waals surface area contributed by atoms with Crippen LogP contribution in [-0.4, -0.2) is 67.0 Å². The van der Waals surface area contributed by atoms with Gasteiger partial charge < -0.3 is 10.2 Å². The number of aromatic nitrogens is 1. The number of nitrogens with one attached hydrogen (secondary N) is 1. The summed E-state index contributed by atoms with van der Waals surface area (Å²) in [5, 5.41) is 1.78. The highest BCUT2D eigenvalue weighted by Crippen LogP contribution is 2.21. The smallest absolute Gasteiger partial charge is 0.234 e. The molecule has 2 rings (SSSR count). The van der Waals surface area contributed by atoms with E-state index in [0.29, 0.717) is 31.7 Å². The number of hydrogen-bond donors (Lipinski definition) is 1. The molecular weight excluding hydrogens is 350 g/mol. The van der Waals surface area contributed by atoms with E-state index in [1.54, 1.807) is 17.3 Å². The Bertz CT molecular complexity index is 671. The highest BCUT2D eigenvalue weighted by Gasteiger charge is 2.32. The lowest BCUT2D eigenvalue weighted by Crippen LogP contribution is -2.44. The molecule has 1 aromatic heterocycles. The van der Waals surface area contributed by atoms with Crippen LogP contribution < -0.4 is 5.32 Å². The summed E-state index contributed by atoms with van der Waals surface area (Å²) in [6.45, 7) is 0.820. The summed E-state index contributed by atoms with van der Waals surface area (Å²) >= 11 is 1.44. The van der Waals surface area contributed by atoms with Crippen LogP contribution in [0.3, 0.4) is 0 Å². The molecule has 2 heterocycles. The predicted molar refractivity (Wildman–Crippen MR) is 92.4 cm³/mol. The average Bonchev–Trinajstić information content (AvgIpc) is 2.60. The summed E-state index contributed by atoms with van der Waals surface area (Å²) < 4.78 is 24.3. The molecular formula is C15H21N3O4S2. The second kappa shape index (κ2) is 8.48. The van der Waals surface area contributed by atoms with E-state index in [4.69, 9.17) is 0 Å². The first kappa shape index (κ1) is 18.7. The Morgan fingerprint density at radius 2 is 1.92 bits per heavy atom. The molecule has 1 aliphatic rings. The maximum absolute atomic E-state index is 12.2. The van der Waals surface area contributed by atoms with Crippen LogP contribution in [0.15, 0.2) is 29.4 Å². The van der Waals surface area contributed by atoms with Gasteiger partial charge in [0.1, 0.15) is 5.75 Å².